The number of rotatable bonds is 74. The third-order valence-corrected chi connectivity index (χ3v) is 18.1. The molecule has 0 heterocycles. The summed E-state index contributed by atoms with van der Waals surface area (Å²) in [5.41, 5.74) is 0. The van der Waals surface area contributed by atoms with E-state index in [1.54, 1.807) is 0 Å². The number of carbonyl (C=O) groups excluding carboxylic acids is 4. The van der Waals surface area contributed by atoms with Crippen LogP contribution < -0.4 is 0 Å². The number of esters is 4. The SMILES string of the molecule is CCCCC/C=C\C/C=C\C/C=C\C/C=C\CCCC(=O)OC[C@H](COP(=O)(O)OC[C@@H](O)COP(=O)(O)OC[C@@H](COC(=O)CCC/C=C\C/C=C\C/C=C\C/C=C\CCCCC)OC(=O)CCCCCCC/C=C\C=C/CCCCCC)OC(=O)CCC/C=C\C/C=C\C/C=C\C/C=C\CCCCC. The van der Waals surface area contributed by atoms with Crippen LogP contribution in [0, 0.1) is 0 Å². The topological polar surface area (TPSA) is 237 Å². The van der Waals surface area contributed by atoms with Gasteiger partial charge in [0, 0.05) is 25.7 Å². The summed E-state index contributed by atoms with van der Waals surface area (Å²) >= 11 is 0. The Morgan fingerprint density at radius 2 is 0.500 bits per heavy atom. The minimum atomic E-state index is -5.02. The molecule has 0 aromatic heterocycles. The van der Waals surface area contributed by atoms with E-state index in [0.29, 0.717) is 44.9 Å². The number of hydrogen-bond donors (Lipinski definition) is 3. The van der Waals surface area contributed by atoms with E-state index in [9.17, 15) is 43.2 Å². The van der Waals surface area contributed by atoms with Crippen molar-refractivity contribution in [2.24, 2.45) is 0 Å². The summed E-state index contributed by atoms with van der Waals surface area (Å²) < 4.78 is 68.4. The monoisotopic (exact) mass is 1520 g/mol. The van der Waals surface area contributed by atoms with Gasteiger partial charge in [0.1, 0.15) is 19.3 Å². The molecule has 3 N–H and O–H groups in total. The average Bonchev–Trinajstić information content (AvgIpc) is 0.902. The smallest absolute Gasteiger partial charge is 0.462 e. The van der Waals surface area contributed by atoms with Crippen molar-refractivity contribution in [2.75, 3.05) is 39.6 Å². The van der Waals surface area contributed by atoms with Crippen molar-refractivity contribution < 1.29 is 80.2 Å². The van der Waals surface area contributed by atoms with E-state index < -0.39 is 97.5 Å². The van der Waals surface area contributed by atoms with Crippen molar-refractivity contribution >= 4 is 39.5 Å². The molecule has 2 unspecified atom stereocenters. The minimum absolute atomic E-state index is 0.000109. The fourth-order valence-corrected chi connectivity index (χ4v) is 11.5. The van der Waals surface area contributed by atoms with Gasteiger partial charge in [0.05, 0.1) is 26.4 Å². The molecule has 5 atom stereocenters. The van der Waals surface area contributed by atoms with Gasteiger partial charge in [0.25, 0.3) is 0 Å². The van der Waals surface area contributed by atoms with Crippen LogP contribution in [0.3, 0.4) is 0 Å². The van der Waals surface area contributed by atoms with Gasteiger partial charge in [-0.3, -0.25) is 37.3 Å². The van der Waals surface area contributed by atoms with Gasteiger partial charge in [-0.15, -0.1) is 0 Å². The van der Waals surface area contributed by atoms with E-state index in [0.717, 1.165) is 116 Å². The first-order valence-corrected chi connectivity index (χ1v) is 43.4. The largest absolute Gasteiger partial charge is 0.472 e. The molecule has 0 aromatic carbocycles. The second-order valence-corrected chi connectivity index (χ2v) is 29.2. The van der Waals surface area contributed by atoms with E-state index in [1.807, 2.05) is 36.5 Å². The van der Waals surface area contributed by atoms with E-state index in [1.165, 1.54) is 83.5 Å². The normalized spacial score (nSPS) is 14.7. The van der Waals surface area contributed by atoms with E-state index in [-0.39, 0.29) is 25.7 Å². The fourth-order valence-electron chi connectivity index (χ4n) is 9.95. The Labute approximate surface area is 642 Å². The molecule has 0 aromatic rings. The molecule has 19 heteroatoms. The highest BCUT2D eigenvalue weighted by atomic mass is 31.2. The molecule has 0 saturated heterocycles. The molecule has 0 bridgehead atoms. The number of aliphatic hydroxyl groups is 1. The Kier molecular flexibility index (Phi) is 73.5. The van der Waals surface area contributed by atoms with Crippen LogP contribution in [0.25, 0.3) is 0 Å². The number of allylic oxidation sites excluding steroid dienone is 28. The number of hydrogen-bond acceptors (Lipinski definition) is 15. The molecule has 0 fully saturated rings. The number of aliphatic hydroxyl groups excluding tert-OH is 1. The standard InChI is InChI=1S/C87H142O17P2/c1-5-9-13-17-21-25-29-33-37-40-44-47-51-55-59-63-67-71-84(89)97-77-82(103-86(91)73-69-65-61-57-53-49-43-36-32-28-24-20-16-12-8-4)79-101-105(93,94)99-75-81(88)76-100-106(95,96)102-80-83(104-87(92)74-70-66-62-58-54-50-46-42-39-35-31-27-23-19-15-11-7-3)78-98-85(90)72-68-64-60-56-52-48-45-41-38-34-30-26-22-18-14-10-6-2/h21-23,25-28,32-39,43-48,50,55-56,58-60,62,81-83,88H,5-20,24,29-31,40-42,49,51-54,57,61,63-80H2,1-4H3,(H,93,94)(H,95,96)/b25-21-,26-22-,27-23-,32-28-,37-33-,38-34-,39-35-,43-36-,47-44-,48-45-,50-46-,59-55-,60-56-,62-58-/t81-,82+,83+/m0/s1. The third kappa shape index (κ3) is 76.6. The second-order valence-electron chi connectivity index (χ2n) is 26.3. The van der Waals surface area contributed by atoms with Crippen LogP contribution in [0.5, 0.6) is 0 Å². The molecular weight excluding hydrogens is 1380 g/mol. The first kappa shape index (κ1) is 100. The predicted octanol–water partition coefficient (Wildman–Crippen LogP) is 23.8. The maximum Gasteiger partial charge on any atom is 0.472 e. The molecule has 0 amide bonds. The summed E-state index contributed by atoms with van der Waals surface area (Å²) in [5, 5.41) is 10.6. The molecule has 602 valence electrons. The molecule has 0 aliphatic heterocycles. The van der Waals surface area contributed by atoms with Crippen LogP contribution >= 0.6 is 15.6 Å². The van der Waals surface area contributed by atoms with Crippen LogP contribution in [0.4, 0.5) is 0 Å². The highest BCUT2D eigenvalue weighted by Crippen LogP contribution is 2.45. The lowest BCUT2D eigenvalue weighted by molar-refractivity contribution is -0.161. The predicted molar refractivity (Wildman–Crippen MR) is 436 cm³/mol. The Balaban J connectivity index is 5.55. The van der Waals surface area contributed by atoms with Gasteiger partial charge in [-0.2, -0.15) is 0 Å². The zero-order valence-electron chi connectivity index (χ0n) is 65.8. The van der Waals surface area contributed by atoms with Gasteiger partial charge in [-0.25, -0.2) is 9.13 Å². The van der Waals surface area contributed by atoms with Gasteiger partial charge in [-0.1, -0.05) is 275 Å². The van der Waals surface area contributed by atoms with Crippen LogP contribution in [-0.4, -0.2) is 96.7 Å². The highest BCUT2D eigenvalue weighted by molar-refractivity contribution is 7.47. The lowest BCUT2D eigenvalue weighted by Crippen LogP contribution is -2.30. The third-order valence-electron chi connectivity index (χ3n) is 16.2. The number of ether oxygens (including phenoxy) is 4. The van der Waals surface area contributed by atoms with Gasteiger partial charge in [0.15, 0.2) is 12.2 Å². The number of unbranched alkanes of at least 4 members (excludes halogenated alkanes) is 21. The molecule has 0 rings (SSSR count). The number of carbonyl (C=O) groups is 4. The summed E-state index contributed by atoms with van der Waals surface area (Å²) in [6, 6.07) is 0. The Morgan fingerprint density at radius 3 is 0.821 bits per heavy atom. The summed E-state index contributed by atoms with van der Waals surface area (Å²) in [6.45, 7) is 4.55. The molecule has 0 aliphatic rings. The van der Waals surface area contributed by atoms with Crippen molar-refractivity contribution in [2.45, 2.75) is 316 Å². The van der Waals surface area contributed by atoms with Crippen LogP contribution in [-0.2, 0) is 65.4 Å². The van der Waals surface area contributed by atoms with Crippen molar-refractivity contribution in [1.29, 1.82) is 0 Å². The first-order valence-electron chi connectivity index (χ1n) is 40.4. The van der Waals surface area contributed by atoms with Gasteiger partial charge in [-0.05, 0) is 167 Å². The molecule has 106 heavy (non-hydrogen) atoms. The minimum Gasteiger partial charge on any atom is -0.462 e. The average molecular weight is 1520 g/mol. The van der Waals surface area contributed by atoms with Crippen molar-refractivity contribution in [3.63, 3.8) is 0 Å². The quantitative estimate of drug-likeness (QED) is 0.0128. The Bertz CT molecular complexity index is 2680. The Morgan fingerprint density at radius 1 is 0.274 bits per heavy atom. The summed E-state index contributed by atoms with van der Waals surface area (Å²) in [6.07, 6.45) is 92.1. The first-order chi connectivity index (χ1) is 51.7. The maximum absolute atomic E-state index is 13.1. The van der Waals surface area contributed by atoms with E-state index in [2.05, 4.69) is 161 Å². The maximum atomic E-state index is 13.1. The van der Waals surface area contributed by atoms with Gasteiger partial charge in [0.2, 0.25) is 0 Å². The molecule has 0 saturated carbocycles. The molecule has 0 aliphatic carbocycles. The number of phosphoric ester groups is 2. The number of phosphoric acid groups is 2. The zero-order valence-corrected chi connectivity index (χ0v) is 67.6. The molecule has 17 nitrogen and oxygen atoms in total. The van der Waals surface area contributed by atoms with Gasteiger partial charge >= 0.3 is 39.5 Å². The fraction of sp³-hybridized carbons (Fsp3) is 0.632. The van der Waals surface area contributed by atoms with E-state index in [4.69, 9.17) is 37.0 Å². The van der Waals surface area contributed by atoms with Crippen LogP contribution in [0.15, 0.2) is 170 Å². The Hall–Kier alpha value is -5.58. The zero-order chi connectivity index (χ0) is 77.4. The van der Waals surface area contributed by atoms with Crippen molar-refractivity contribution in [3.05, 3.63) is 170 Å². The second kappa shape index (κ2) is 77.6. The van der Waals surface area contributed by atoms with Gasteiger partial charge < -0.3 is 33.8 Å². The summed E-state index contributed by atoms with van der Waals surface area (Å²) in [7, 11) is -10.0. The molecular formula is C87H142O17P2. The summed E-state index contributed by atoms with van der Waals surface area (Å²) in [4.78, 5) is 73.0. The lowest BCUT2D eigenvalue weighted by Gasteiger charge is -2.21. The molecule has 0 spiro atoms. The van der Waals surface area contributed by atoms with Crippen LogP contribution in [0.1, 0.15) is 297 Å². The van der Waals surface area contributed by atoms with Crippen molar-refractivity contribution in [3.8, 4) is 0 Å². The van der Waals surface area contributed by atoms with E-state index >= 15 is 0 Å². The highest BCUT2D eigenvalue weighted by Gasteiger charge is 2.30. The lowest BCUT2D eigenvalue weighted by atomic mass is 10.1. The summed E-state index contributed by atoms with van der Waals surface area (Å²) in [5.74, 6) is -2.40. The molecule has 0 radical (unpaired) electrons. The van der Waals surface area contributed by atoms with Crippen molar-refractivity contribution in [1.82, 2.24) is 0 Å². The van der Waals surface area contributed by atoms with Crippen LogP contribution in [0.2, 0.25) is 0 Å².